The van der Waals surface area contributed by atoms with Gasteiger partial charge >= 0.3 is 5.97 Å². The summed E-state index contributed by atoms with van der Waals surface area (Å²) in [6.45, 7) is 6.70. The highest BCUT2D eigenvalue weighted by atomic mass is 31.2. The first-order chi connectivity index (χ1) is 42.4. The number of likely N-dealkylation sites (N-methyl/N-ethyl adjacent to an activating group) is 1. The molecule has 0 aromatic heterocycles. The van der Waals surface area contributed by atoms with Crippen LogP contribution in [-0.2, 0) is 27.9 Å². The summed E-state index contributed by atoms with van der Waals surface area (Å²) in [6.07, 6.45) is 91.7. The molecule has 0 aliphatic heterocycles. The average molecular weight is 1230 g/mol. The SMILES string of the molecule is CC/C=C\C/C=C\C/C=C\C/C=C\C/C=C\CCCCCCCC(=O)OC(/C=C\CCCCCCCCCCCCC)C(COP(=O)([O-])OCC[N+](C)(C)C)NC(=O)CCCCCCCCCCCCC/C=C\C/C=C\C/C=C\C/C=C\CCCCC. The molecule has 3 unspecified atom stereocenters. The van der Waals surface area contributed by atoms with Crippen LogP contribution in [0.5, 0.6) is 0 Å². The van der Waals surface area contributed by atoms with Crippen LogP contribution in [-0.4, -0.2) is 69.4 Å². The van der Waals surface area contributed by atoms with E-state index in [0.29, 0.717) is 23.9 Å². The number of quaternary nitrogens is 1. The molecule has 1 N–H and O–H groups in total. The van der Waals surface area contributed by atoms with E-state index in [2.05, 4.69) is 135 Å². The highest BCUT2D eigenvalue weighted by Gasteiger charge is 2.27. The Balaban J connectivity index is 5.14. The van der Waals surface area contributed by atoms with Gasteiger partial charge in [-0.05, 0) is 122 Å². The number of nitrogens with one attached hydrogen (secondary N) is 1. The Labute approximate surface area is 537 Å². The third-order valence-electron chi connectivity index (χ3n) is 15.4. The molecule has 0 aliphatic rings. The first-order valence-electron chi connectivity index (χ1n) is 35.8. The Morgan fingerprint density at radius 2 is 0.736 bits per heavy atom. The van der Waals surface area contributed by atoms with E-state index in [4.69, 9.17) is 13.8 Å². The van der Waals surface area contributed by atoms with Crippen LogP contribution >= 0.6 is 7.82 Å². The fraction of sp³-hybridized carbons (Fsp3) is 0.714. The van der Waals surface area contributed by atoms with Gasteiger partial charge in [-0.25, -0.2) is 0 Å². The van der Waals surface area contributed by atoms with Crippen molar-refractivity contribution in [3.05, 3.63) is 122 Å². The van der Waals surface area contributed by atoms with Gasteiger partial charge in [-0.1, -0.05) is 290 Å². The number of hydrogen-bond acceptors (Lipinski definition) is 7. The lowest BCUT2D eigenvalue weighted by atomic mass is 10.0. The van der Waals surface area contributed by atoms with Gasteiger partial charge in [-0.3, -0.25) is 14.2 Å². The number of esters is 1. The maximum atomic E-state index is 13.6. The second-order valence-electron chi connectivity index (χ2n) is 25.0. The largest absolute Gasteiger partial charge is 0.756 e. The second kappa shape index (κ2) is 65.4. The fourth-order valence-corrected chi connectivity index (χ4v) is 10.6. The zero-order chi connectivity index (χ0) is 63.5. The van der Waals surface area contributed by atoms with Crippen molar-refractivity contribution in [3.63, 3.8) is 0 Å². The summed E-state index contributed by atoms with van der Waals surface area (Å²) in [5.41, 5.74) is 0. The zero-order valence-corrected chi connectivity index (χ0v) is 58.1. The van der Waals surface area contributed by atoms with Crippen LogP contribution in [0.3, 0.4) is 0 Å². The van der Waals surface area contributed by atoms with Crippen molar-refractivity contribution in [2.45, 2.75) is 315 Å². The van der Waals surface area contributed by atoms with Crippen LogP contribution in [0.4, 0.5) is 0 Å². The molecule has 0 saturated heterocycles. The van der Waals surface area contributed by atoms with Gasteiger partial charge in [0.2, 0.25) is 5.91 Å². The lowest BCUT2D eigenvalue weighted by Gasteiger charge is -2.30. The number of unbranched alkanes of at least 4 members (excludes halogenated alkanes) is 30. The van der Waals surface area contributed by atoms with Crippen LogP contribution in [0.2, 0.25) is 0 Å². The van der Waals surface area contributed by atoms with Gasteiger partial charge < -0.3 is 28.5 Å². The van der Waals surface area contributed by atoms with Gasteiger partial charge in [-0.15, -0.1) is 0 Å². The van der Waals surface area contributed by atoms with Gasteiger partial charge in [0, 0.05) is 12.8 Å². The molecule has 0 radical (unpaired) electrons. The van der Waals surface area contributed by atoms with Crippen molar-refractivity contribution < 1.29 is 37.3 Å². The van der Waals surface area contributed by atoms with Gasteiger partial charge in [-0.2, -0.15) is 0 Å². The third kappa shape index (κ3) is 66.7. The van der Waals surface area contributed by atoms with Crippen molar-refractivity contribution >= 4 is 19.7 Å². The lowest BCUT2D eigenvalue weighted by molar-refractivity contribution is -0.870. The van der Waals surface area contributed by atoms with Crippen LogP contribution in [0.1, 0.15) is 303 Å². The summed E-state index contributed by atoms with van der Waals surface area (Å²) >= 11 is 0. The van der Waals surface area contributed by atoms with E-state index in [-0.39, 0.29) is 24.9 Å². The van der Waals surface area contributed by atoms with E-state index in [1.54, 1.807) is 0 Å². The maximum absolute atomic E-state index is 13.6. The Hall–Kier alpha value is -3.59. The number of amides is 1. The maximum Gasteiger partial charge on any atom is 0.306 e. The summed E-state index contributed by atoms with van der Waals surface area (Å²) < 4.78 is 30.5. The van der Waals surface area contributed by atoms with Gasteiger partial charge in [0.1, 0.15) is 19.3 Å². The smallest absolute Gasteiger partial charge is 0.306 e. The molecule has 9 nitrogen and oxygen atoms in total. The number of rotatable bonds is 64. The molecule has 0 spiro atoms. The fourth-order valence-electron chi connectivity index (χ4n) is 9.89. The number of hydrogen-bond donors (Lipinski definition) is 1. The second-order valence-corrected chi connectivity index (χ2v) is 26.4. The Morgan fingerprint density at radius 1 is 0.414 bits per heavy atom. The molecule has 1 amide bonds. The van der Waals surface area contributed by atoms with E-state index < -0.39 is 26.6 Å². The summed E-state index contributed by atoms with van der Waals surface area (Å²) in [5.74, 6) is -0.567. The van der Waals surface area contributed by atoms with E-state index >= 15 is 0 Å². The summed E-state index contributed by atoms with van der Waals surface area (Å²) in [5, 5.41) is 3.04. The molecule has 0 heterocycles. The number of carbonyl (C=O) groups is 2. The predicted octanol–water partition coefficient (Wildman–Crippen LogP) is 22.4. The monoisotopic (exact) mass is 1230 g/mol. The molecule has 87 heavy (non-hydrogen) atoms. The number of carbonyl (C=O) groups excluding carboxylic acids is 2. The molecule has 10 heteroatoms. The first kappa shape index (κ1) is 83.4. The van der Waals surface area contributed by atoms with Crippen LogP contribution < -0.4 is 10.2 Å². The van der Waals surface area contributed by atoms with Crippen molar-refractivity contribution in [3.8, 4) is 0 Å². The highest BCUT2D eigenvalue weighted by molar-refractivity contribution is 7.45. The van der Waals surface area contributed by atoms with E-state index in [9.17, 15) is 19.0 Å². The van der Waals surface area contributed by atoms with Crippen LogP contribution in [0.25, 0.3) is 0 Å². The number of phosphoric ester groups is 1. The molecular formula is C77H135N2O7P. The molecule has 500 valence electrons. The first-order valence-corrected chi connectivity index (χ1v) is 37.3. The molecule has 3 atom stereocenters. The molecule has 0 aliphatic carbocycles. The van der Waals surface area contributed by atoms with E-state index in [0.717, 1.165) is 128 Å². The van der Waals surface area contributed by atoms with E-state index in [1.165, 1.54) is 135 Å². The number of phosphoric acid groups is 1. The summed E-state index contributed by atoms with van der Waals surface area (Å²) in [6, 6.07) is -0.908. The predicted molar refractivity (Wildman–Crippen MR) is 376 cm³/mol. The van der Waals surface area contributed by atoms with E-state index in [1.807, 2.05) is 33.3 Å². The Morgan fingerprint density at radius 3 is 1.13 bits per heavy atom. The minimum Gasteiger partial charge on any atom is -0.756 e. The van der Waals surface area contributed by atoms with Gasteiger partial charge in [0.15, 0.2) is 0 Å². The minimum absolute atomic E-state index is 0.0320. The number of allylic oxidation sites excluding steroid dienone is 19. The normalized spacial score (nSPS) is 14.2. The molecule has 0 saturated carbocycles. The summed E-state index contributed by atoms with van der Waals surface area (Å²) in [4.78, 5) is 40.2. The molecule has 0 bridgehead atoms. The number of ether oxygens (including phenoxy) is 1. The zero-order valence-electron chi connectivity index (χ0n) is 57.2. The minimum atomic E-state index is -4.72. The van der Waals surface area contributed by atoms with Gasteiger partial charge in [0.25, 0.3) is 7.82 Å². The number of nitrogens with zero attached hydrogens (tertiary/aromatic N) is 1. The average Bonchev–Trinajstić information content (AvgIpc) is 3.70. The highest BCUT2D eigenvalue weighted by Crippen LogP contribution is 2.38. The molecule has 0 rings (SSSR count). The Bertz CT molecular complexity index is 1900. The van der Waals surface area contributed by atoms with Crippen LogP contribution in [0, 0.1) is 0 Å². The standard InChI is InChI=1S/C77H135N2O7P/c1-7-10-13-16-19-22-25-28-30-32-34-36-37-38-39-40-41-43-44-46-48-51-54-57-60-63-66-69-76(80)78-74(73-85-87(82,83)84-72-71-79(4,5)6)75(68-65-62-59-56-53-50-27-24-21-18-15-12-9-3)86-77(81)70-67-64-61-58-55-52-49-47-45-42-35-33-31-29-26-23-20-17-14-11-8-2/h11,14,19-20,22-23,28-31,34-36,38-39,42,47,49,65,68,74-75H,7-10,12-13,15-18,21,24-27,32-33,37,40-41,43-46,48,50-64,66-67,69-73H2,1-6H3,(H-,78,80,82,83)/b14-11-,22-19-,23-20-,30-28-,31-29-,36-34-,39-38-,42-35-,49-47-,68-65-. The molecule has 0 aromatic rings. The van der Waals surface area contributed by atoms with Crippen molar-refractivity contribution in [2.24, 2.45) is 0 Å². The van der Waals surface area contributed by atoms with Crippen molar-refractivity contribution in [1.82, 2.24) is 5.32 Å². The van der Waals surface area contributed by atoms with Crippen molar-refractivity contribution in [1.29, 1.82) is 0 Å². The molecule has 0 fully saturated rings. The van der Waals surface area contributed by atoms with Gasteiger partial charge in [0.05, 0.1) is 33.8 Å². The van der Waals surface area contributed by atoms with Crippen LogP contribution in [0.15, 0.2) is 122 Å². The third-order valence-corrected chi connectivity index (χ3v) is 16.3. The lowest BCUT2D eigenvalue weighted by Crippen LogP contribution is -2.47. The van der Waals surface area contributed by atoms with Crippen molar-refractivity contribution in [2.75, 3.05) is 40.9 Å². The molecular weight excluding hydrogens is 1100 g/mol. The topological polar surface area (TPSA) is 114 Å². The Kier molecular flexibility index (Phi) is 62.7. The summed E-state index contributed by atoms with van der Waals surface area (Å²) in [7, 11) is 1.16. The quantitative estimate of drug-likeness (QED) is 0.0212. The molecule has 0 aromatic carbocycles.